The molecule has 0 spiro atoms. The Balaban J connectivity index is 1.29. The number of fused-ring (bicyclic) bond motifs is 2. The molecular weight excluding hydrogens is 534 g/mol. The average Bonchev–Trinajstić information content (AvgIpc) is 3.31. The highest BCUT2D eigenvalue weighted by Gasteiger charge is 2.42. The number of guanidine groups is 1. The van der Waals surface area contributed by atoms with E-state index in [1.165, 1.54) is 25.3 Å². The van der Waals surface area contributed by atoms with Crippen molar-refractivity contribution < 1.29 is 33.5 Å². The van der Waals surface area contributed by atoms with Crippen LogP contribution in [0.15, 0.2) is 63.7 Å². The molecule has 2 unspecified atom stereocenters. The van der Waals surface area contributed by atoms with Crippen LogP contribution in [0.2, 0.25) is 0 Å². The van der Waals surface area contributed by atoms with Gasteiger partial charge in [-0.15, -0.1) is 0 Å². The van der Waals surface area contributed by atoms with Crippen molar-refractivity contribution in [1.82, 2.24) is 10.2 Å². The van der Waals surface area contributed by atoms with Gasteiger partial charge in [0.25, 0.3) is 5.69 Å². The number of methoxy groups -OCH3 is 1. The summed E-state index contributed by atoms with van der Waals surface area (Å²) in [5.74, 6) is -2.23. The van der Waals surface area contributed by atoms with E-state index >= 15 is 0 Å². The third kappa shape index (κ3) is 5.51. The topological polar surface area (TPSA) is 162 Å². The lowest BCUT2D eigenvalue weighted by molar-refractivity contribution is -0.384. The Morgan fingerprint density at radius 2 is 1.93 bits per heavy atom. The van der Waals surface area contributed by atoms with E-state index in [0.29, 0.717) is 35.2 Å². The van der Waals surface area contributed by atoms with Crippen molar-refractivity contribution in [2.24, 2.45) is 15.9 Å². The quantitative estimate of drug-likeness (QED) is 0.221. The first-order valence-electron chi connectivity index (χ1n) is 12.8. The number of ether oxygens (including phenoxy) is 3. The standard InChI is InChI=1S/C28H27N5O8/c1-15-23(26(35)39-3)25(17-5-4-6-19(11-17)33(37)38)24(16(2)29-15)27(36)41-10-9-40-20-7-8-21-18(12-20)13-32-14-22(34)31-28(32)30-21/h4-8,11-12,23,25H,9-10,13-14H2,1-3H3,(H,30,31,34). The third-order valence-electron chi connectivity index (χ3n) is 7.05. The van der Waals surface area contributed by atoms with Crippen LogP contribution in [0.1, 0.15) is 30.9 Å². The summed E-state index contributed by atoms with van der Waals surface area (Å²) < 4.78 is 16.3. The number of carbonyl (C=O) groups is 3. The molecule has 3 heterocycles. The fraction of sp³-hybridized carbons (Fsp3) is 0.321. The number of hydrogen-bond donors (Lipinski definition) is 1. The SMILES string of the molecule is COC(=O)C1C(C)=NC(C)=C(C(=O)OCCOc2ccc3c(c2)CN2CC(=O)NC2=N3)C1c1cccc([N+](=O)[O-])c1. The zero-order chi connectivity index (χ0) is 29.3. The van der Waals surface area contributed by atoms with E-state index in [1.807, 2.05) is 11.0 Å². The van der Waals surface area contributed by atoms with Crippen LogP contribution in [0.5, 0.6) is 5.75 Å². The Labute approximate surface area is 234 Å². The molecule has 1 fully saturated rings. The number of nitrogens with one attached hydrogen (secondary N) is 1. The lowest BCUT2D eigenvalue weighted by atomic mass is 9.75. The first kappa shape index (κ1) is 27.5. The van der Waals surface area contributed by atoms with Gasteiger partial charge in [-0.3, -0.25) is 30.0 Å². The molecule has 2 aromatic carbocycles. The van der Waals surface area contributed by atoms with Crippen LogP contribution in [0.3, 0.4) is 0 Å². The Hall–Kier alpha value is -5.07. The summed E-state index contributed by atoms with van der Waals surface area (Å²) in [7, 11) is 1.23. The number of hydrogen-bond acceptors (Lipinski definition) is 11. The summed E-state index contributed by atoms with van der Waals surface area (Å²) in [5, 5.41) is 14.2. The van der Waals surface area contributed by atoms with Gasteiger partial charge in [-0.05, 0) is 37.6 Å². The number of non-ortho nitro benzene ring substituents is 1. The van der Waals surface area contributed by atoms with Crippen LogP contribution < -0.4 is 10.1 Å². The molecule has 3 aliphatic heterocycles. The van der Waals surface area contributed by atoms with Gasteiger partial charge in [0.15, 0.2) is 0 Å². The van der Waals surface area contributed by atoms with Crippen LogP contribution in [0.4, 0.5) is 11.4 Å². The van der Waals surface area contributed by atoms with Crippen LogP contribution >= 0.6 is 0 Å². The van der Waals surface area contributed by atoms with Crippen LogP contribution in [0.25, 0.3) is 0 Å². The molecule has 3 aliphatic rings. The van der Waals surface area contributed by atoms with Crippen LogP contribution in [-0.2, 0) is 30.4 Å². The van der Waals surface area contributed by atoms with E-state index in [1.54, 1.807) is 32.0 Å². The zero-order valence-electron chi connectivity index (χ0n) is 22.6. The number of rotatable bonds is 8. The number of nitro benzene ring substituents is 1. The van der Waals surface area contributed by atoms with E-state index in [0.717, 1.165) is 11.3 Å². The predicted octanol–water partition coefficient (Wildman–Crippen LogP) is 2.77. The highest BCUT2D eigenvalue weighted by atomic mass is 16.6. The smallest absolute Gasteiger partial charge is 0.336 e. The van der Waals surface area contributed by atoms with E-state index in [9.17, 15) is 24.5 Å². The van der Waals surface area contributed by atoms with Gasteiger partial charge in [-0.25, -0.2) is 9.79 Å². The Morgan fingerprint density at radius 1 is 1.12 bits per heavy atom. The maximum absolute atomic E-state index is 13.4. The first-order valence-corrected chi connectivity index (χ1v) is 12.8. The van der Waals surface area contributed by atoms with Crippen molar-refractivity contribution in [2.75, 3.05) is 26.9 Å². The van der Waals surface area contributed by atoms with Crippen molar-refractivity contribution in [3.8, 4) is 5.75 Å². The number of carbonyl (C=O) groups excluding carboxylic acids is 3. The highest BCUT2D eigenvalue weighted by Crippen LogP contribution is 2.41. The van der Waals surface area contributed by atoms with Crippen molar-refractivity contribution in [3.63, 3.8) is 0 Å². The normalized spacial score (nSPS) is 19.4. The van der Waals surface area contributed by atoms with E-state index in [4.69, 9.17) is 14.2 Å². The second-order valence-electron chi connectivity index (χ2n) is 9.70. The average molecular weight is 562 g/mol. The van der Waals surface area contributed by atoms with Gasteiger partial charge in [-0.2, -0.15) is 0 Å². The summed E-state index contributed by atoms with van der Waals surface area (Å²) in [6.07, 6.45) is 0. The van der Waals surface area contributed by atoms with Gasteiger partial charge in [0.1, 0.15) is 31.4 Å². The van der Waals surface area contributed by atoms with Gasteiger partial charge in [0.2, 0.25) is 11.9 Å². The Morgan fingerprint density at radius 3 is 2.68 bits per heavy atom. The number of nitro groups is 1. The molecule has 2 aromatic rings. The monoisotopic (exact) mass is 561 g/mol. The second kappa shape index (κ2) is 11.2. The largest absolute Gasteiger partial charge is 0.490 e. The number of nitrogens with zero attached hydrogens (tertiary/aromatic N) is 4. The Kier molecular flexibility index (Phi) is 7.51. The summed E-state index contributed by atoms with van der Waals surface area (Å²) in [6, 6.07) is 11.1. The molecule has 212 valence electrons. The molecule has 0 saturated carbocycles. The molecule has 2 atom stereocenters. The number of aliphatic imine (C=N–C) groups is 2. The minimum Gasteiger partial charge on any atom is -0.490 e. The molecule has 1 N–H and O–H groups in total. The molecule has 5 rings (SSSR count). The first-order chi connectivity index (χ1) is 19.7. The Bertz CT molecular complexity index is 1550. The molecular formula is C28H27N5O8. The lowest BCUT2D eigenvalue weighted by Crippen LogP contribution is -2.36. The molecule has 1 amide bonds. The third-order valence-corrected chi connectivity index (χ3v) is 7.05. The van der Waals surface area contributed by atoms with E-state index in [-0.39, 0.29) is 36.9 Å². The zero-order valence-corrected chi connectivity index (χ0v) is 22.6. The van der Waals surface area contributed by atoms with Crippen LogP contribution in [-0.4, -0.2) is 66.2 Å². The van der Waals surface area contributed by atoms with E-state index in [2.05, 4.69) is 15.3 Å². The maximum Gasteiger partial charge on any atom is 0.336 e. The molecule has 0 aliphatic carbocycles. The number of benzene rings is 2. The van der Waals surface area contributed by atoms with Crippen molar-refractivity contribution in [1.29, 1.82) is 0 Å². The van der Waals surface area contributed by atoms with E-state index < -0.39 is 28.7 Å². The van der Waals surface area contributed by atoms with Gasteiger partial charge in [0.05, 0.1) is 23.3 Å². The van der Waals surface area contributed by atoms with Gasteiger partial charge < -0.3 is 19.1 Å². The predicted molar refractivity (Wildman–Crippen MR) is 146 cm³/mol. The molecule has 0 bridgehead atoms. The molecule has 1 saturated heterocycles. The molecule has 13 heteroatoms. The molecule has 13 nitrogen and oxygen atoms in total. The van der Waals surface area contributed by atoms with Crippen molar-refractivity contribution >= 4 is 40.9 Å². The van der Waals surface area contributed by atoms with Gasteiger partial charge in [-0.1, -0.05) is 12.1 Å². The fourth-order valence-corrected chi connectivity index (χ4v) is 5.23. The summed E-state index contributed by atoms with van der Waals surface area (Å²) in [5.41, 5.74) is 2.72. The number of amides is 1. The van der Waals surface area contributed by atoms with Crippen molar-refractivity contribution in [2.45, 2.75) is 26.3 Å². The number of esters is 2. The van der Waals surface area contributed by atoms with Crippen LogP contribution in [0, 0.1) is 16.0 Å². The maximum atomic E-state index is 13.4. The molecule has 41 heavy (non-hydrogen) atoms. The highest BCUT2D eigenvalue weighted by molar-refractivity contribution is 6.07. The lowest BCUT2D eigenvalue weighted by Gasteiger charge is -2.31. The summed E-state index contributed by atoms with van der Waals surface area (Å²) in [6.45, 7) is 3.96. The van der Waals surface area contributed by atoms with Gasteiger partial charge >= 0.3 is 11.9 Å². The second-order valence-corrected chi connectivity index (χ2v) is 9.70. The minimum absolute atomic E-state index is 0.0410. The minimum atomic E-state index is -0.968. The van der Waals surface area contributed by atoms with Crippen molar-refractivity contribution in [3.05, 3.63) is 75.0 Å². The van der Waals surface area contributed by atoms with Gasteiger partial charge in [0, 0.05) is 41.6 Å². The molecule has 0 aromatic heterocycles. The summed E-state index contributed by atoms with van der Waals surface area (Å²) in [4.78, 5) is 59.4. The molecule has 0 radical (unpaired) electrons. The number of allylic oxidation sites excluding steroid dienone is 1. The summed E-state index contributed by atoms with van der Waals surface area (Å²) >= 11 is 0. The fourth-order valence-electron chi connectivity index (χ4n) is 5.23.